The van der Waals surface area contributed by atoms with Gasteiger partial charge in [0.15, 0.2) is 0 Å². The highest BCUT2D eigenvalue weighted by molar-refractivity contribution is 5.80. The van der Waals surface area contributed by atoms with Gasteiger partial charge in [-0.1, -0.05) is 0 Å². The Balaban J connectivity index is 2.57. The second kappa shape index (κ2) is 4.75. The molecule has 14 heavy (non-hydrogen) atoms. The van der Waals surface area contributed by atoms with Gasteiger partial charge in [-0.25, -0.2) is 0 Å². The lowest BCUT2D eigenvalue weighted by Crippen LogP contribution is -2.53. The number of hydrogen-bond donors (Lipinski definition) is 1. The van der Waals surface area contributed by atoms with Crippen molar-refractivity contribution in [3.05, 3.63) is 0 Å². The van der Waals surface area contributed by atoms with E-state index in [0.717, 1.165) is 12.8 Å². The smallest absolute Gasteiger partial charge is 0.326 e. The van der Waals surface area contributed by atoms with Gasteiger partial charge >= 0.3 is 5.97 Å². The Bertz CT molecular complexity index is 198. The van der Waals surface area contributed by atoms with E-state index in [1.807, 2.05) is 0 Å². The zero-order chi connectivity index (χ0) is 10.6. The molecule has 1 atom stereocenters. The Hall–Kier alpha value is -0.610. The minimum Gasteiger partial charge on any atom is -0.465 e. The molecule has 1 heterocycles. The third kappa shape index (κ3) is 2.45. The van der Waals surface area contributed by atoms with Gasteiger partial charge in [0.2, 0.25) is 0 Å². The van der Waals surface area contributed by atoms with Crippen LogP contribution in [0.2, 0.25) is 0 Å². The second-order valence-electron chi connectivity index (χ2n) is 3.89. The van der Waals surface area contributed by atoms with Crippen LogP contribution in [0.4, 0.5) is 0 Å². The van der Waals surface area contributed by atoms with Crippen molar-refractivity contribution in [1.82, 2.24) is 0 Å². The van der Waals surface area contributed by atoms with Crippen molar-refractivity contribution in [1.29, 1.82) is 0 Å². The van der Waals surface area contributed by atoms with Crippen molar-refractivity contribution in [2.75, 3.05) is 19.8 Å². The van der Waals surface area contributed by atoms with E-state index in [0.29, 0.717) is 19.8 Å². The largest absolute Gasteiger partial charge is 0.465 e. The predicted molar refractivity (Wildman–Crippen MR) is 52.8 cm³/mol. The standard InChI is InChI=1S/C10H19NO3/c1-3-14-9(12)10(2,11)8-4-6-13-7-5-8/h8H,3-7,11H2,1-2H3. The van der Waals surface area contributed by atoms with E-state index in [9.17, 15) is 4.79 Å². The summed E-state index contributed by atoms with van der Waals surface area (Å²) in [7, 11) is 0. The fourth-order valence-corrected chi connectivity index (χ4v) is 1.75. The minimum atomic E-state index is -0.861. The number of rotatable bonds is 3. The van der Waals surface area contributed by atoms with Gasteiger partial charge < -0.3 is 15.2 Å². The lowest BCUT2D eigenvalue weighted by atomic mass is 9.81. The summed E-state index contributed by atoms with van der Waals surface area (Å²) in [6.07, 6.45) is 1.68. The van der Waals surface area contributed by atoms with Gasteiger partial charge in [0.05, 0.1) is 6.61 Å². The fourth-order valence-electron chi connectivity index (χ4n) is 1.75. The molecule has 0 bridgehead atoms. The van der Waals surface area contributed by atoms with Crippen LogP contribution >= 0.6 is 0 Å². The Morgan fingerprint density at radius 2 is 2.14 bits per heavy atom. The van der Waals surface area contributed by atoms with E-state index in [1.165, 1.54) is 0 Å². The average molecular weight is 201 g/mol. The topological polar surface area (TPSA) is 61.5 Å². The van der Waals surface area contributed by atoms with Crippen molar-refractivity contribution in [3.63, 3.8) is 0 Å². The first-order valence-corrected chi connectivity index (χ1v) is 5.13. The molecular formula is C10H19NO3. The van der Waals surface area contributed by atoms with Crippen molar-refractivity contribution >= 4 is 5.97 Å². The van der Waals surface area contributed by atoms with E-state index >= 15 is 0 Å². The molecule has 0 aromatic rings. The van der Waals surface area contributed by atoms with Crippen LogP contribution in [0.15, 0.2) is 0 Å². The molecule has 0 aliphatic carbocycles. The molecule has 1 fully saturated rings. The first-order chi connectivity index (χ1) is 6.59. The van der Waals surface area contributed by atoms with E-state index < -0.39 is 5.54 Å². The van der Waals surface area contributed by atoms with Crippen LogP contribution in [-0.2, 0) is 14.3 Å². The number of carbonyl (C=O) groups is 1. The third-order valence-electron chi connectivity index (χ3n) is 2.78. The maximum Gasteiger partial charge on any atom is 0.326 e. The Labute approximate surface area is 84.7 Å². The monoisotopic (exact) mass is 201 g/mol. The van der Waals surface area contributed by atoms with Crippen molar-refractivity contribution in [2.24, 2.45) is 11.7 Å². The fraction of sp³-hybridized carbons (Fsp3) is 0.900. The van der Waals surface area contributed by atoms with Crippen LogP contribution in [0, 0.1) is 5.92 Å². The summed E-state index contributed by atoms with van der Waals surface area (Å²) in [5.41, 5.74) is 5.13. The van der Waals surface area contributed by atoms with E-state index in [-0.39, 0.29) is 11.9 Å². The Morgan fingerprint density at radius 3 is 2.64 bits per heavy atom. The Morgan fingerprint density at radius 1 is 1.57 bits per heavy atom. The van der Waals surface area contributed by atoms with E-state index in [2.05, 4.69) is 0 Å². The highest BCUT2D eigenvalue weighted by Crippen LogP contribution is 2.26. The van der Waals surface area contributed by atoms with Crippen LogP contribution in [0.5, 0.6) is 0 Å². The van der Waals surface area contributed by atoms with Crippen molar-refractivity contribution in [2.45, 2.75) is 32.2 Å². The minimum absolute atomic E-state index is 0.176. The predicted octanol–water partition coefficient (Wildman–Crippen LogP) is 0.693. The number of ether oxygens (including phenoxy) is 2. The van der Waals surface area contributed by atoms with Crippen LogP contribution in [0.25, 0.3) is 0 Å². The zero-order valence-electron chi connectivity index (χ0n) is 8.91. The lowest BCUT2D eigenvalue weighted by Gasteiger charge is -2.34. The first kappa shape index (κ1) is 11.5. The normalized spacial score (nSPS) is 22.8. The maximum absolute atomic E-state index is 11.6. The molecule has 1 saturated heterocycles. The zero-order valence-corrected chi connectivity index (χ0v) is 8.91. The summed E-state index contributed by atoms with van der Waals surface area (Å²) in [5.74, 6) is -0.123. The second-order valence-corrected chi connectivity index (χ2v) is 3.89. The molecule has 1 aliphatic rings. The molecule has 0 aromatic carbocycles. The molecule has 1 rings (SSSR count). The third-order valence-corrected chi connectivity index (χ3v) is 2.78. The molecule has 0 radical (unpaired) electrons. The SMILES string of the molecule is CCOC(=O)C(C)(N)C1CCOCC1. The average Bonchev–Trinajstić information content (AvgIpc) is 2.19. The van der Waals surface area contributed by atoms with Gasteiger partial charge in [0.25, 0.3) is 0 Å². The molecule has 4 nitrogen and oxygen atoms in total. The number of carbonyl (C=O) groups excluding carboxylic acids is 1. The molecule has 0 saturated carbocycles. The summed E-state index contributed by atoms with van der Waals surface area (Å²) in [6.45, 7) is 5.31. The first-order valence-electron chi connectivity index (χ1n) is 5.13. The molecule has 0 amide bonds. The summed E-state index contributed by atoms with van der Waals surface area (Å²) in [4.78, 5) is 11.6. The molecule has 1 aliphatic heterocycles. The van der Waals surface area contributed by atoms with Crippen LogP contribution in [0.3, 0.4) is 0 Å². The summed E-state index contributed by atoms with van der Waals surface area (Å²) in [5, 5.41) is 0. The number of nitrogens with two attached hydrogens (primary N) is 1. The van der Waals surface area contributed by atoms with Gasteiger partial charge in [0, 0.05) is 13.2 Å². The van der Waals surface area contributed by atoms with Crippen LogP contribution < -0.4 is 5.73 Å². The van der Waals surface area contributed by atoms with Crippen LogP contribution in [0.1, 0.15) is 26.7 Å². The highest BCUT2D eigenvalue weighted by Gasteiger charge is 2.39. The highest BCUT2D eigenvalue weighted by atomic mass is 16.5. The van der Waals surface area contributed by atoms with Gasteiger partial charge in [0.1, 0.15) is 5.54 Å². The van der Waals surface area contributed by atoms with E-state index in [1.54, 1.807) is 13.8 Å². The van der Waals surface area contributed by atoms with Gasteiger partial charge in [-0.15, -0.1) is 0 Å². The lowest BCUT2D eigenvalue weighted by molar-refractivity contribution is -0.152. The molecule has 0 spiro atoms. The van der Waals surface area contributed by atoms with Crippen molar-refractivity contribution in [3.8, 4) is 0 Å². The molecule has 2 N–H and O–H groups in total. The van der Waals surface area contributed by atoms with Gasteiger partial charge in [-0.05, 0) is 32.6 Å². The molecule has 1 unspecified atom stereocenters. The van der Waals surface area contributed by atoms with Gasteiger partial charge in [-0.2, -0.15) is 0 Å². The van der Waals surface area contributed by atoms with Gasteiger partial charge in [-0.3, -0.25) is 4.79 Å². The molecule has 82 valence electrons. The molecule has 0 aromatic heterocycles. The maximum atomic E-state index is 11.6. The summed E-state index contributed by atoms with van der Waals surface area (Å²) in [6, 6.07) is 0. The summed E-state index contributed by atoms with van der Waals surface area (Å²) >= 11 is 0. The Kier molecular flexibility index (Phi) is 3.89. The summed E-state index contributed by atoms with van der Waals surface area (Å²) < 4.78 is 10.2. The van der Waals surface area contributed by atoms with Crippen molar-refractivity contribution < 1.29 is 14.3 Å². The quantitative estimate of drug-likeness (QED) is 0.682. The number of esters is 1. The molecular weight excluding hydrogens is 182 g/mol. The van der Waals surface area contributed by atoms with Crippen LogP contribution in [-0.4, -0.2) is 31.3 Å². The van der Waals surface area contributed by atoms with E-state index in [4.69, 9.17) is 15.2 Å². The molecule has 4 heteroatoms. The number of hydrogen-bond acceptors (Lipinski definition) is 4.